The van der Waals surface area contributed by atoms with Crippen LogP contribution in [0.1, 0.15) is 66.9 Å². The highest BCUT2D eigenvalue weighted by Crippen LogP contribution is 2.37. The summed E-state index contributed by atoms with van der Waals surface area (Å²) in [5, 5.41) is 7.01. The van der Waals surface area contributed by atoms with Crippen LogP contribution < -0.4 is 19.7 Å². The second kappa shape index (κ2) is 10.6. The van der Waals surface area contributed by atoms with E-state index in [-0.39, 0.29) is 31.0 Å². The number of carbonyl (C=O) groups is 3. The first-order chi connectivity index (χ1) is 16.5. The van der Waals surface area contributed by atoms with Gasteiger partial charge < -0.3 is 24.4 Å². The van der Waals surface area contributed by atoms with Gasteiger partial charge in [0.25, 0.3) is 5.91 Å². The number of ether oxygens (including phenoxy) is 3. The predicted molar refractivity (Wildman–Crippen MR) is 123 cm³/mol. The fraction of sp³-hybridized carbons (Fsp3) is 0.500. The Labute approximate surface area is 198 Å². The summed E-state index contributed by atoms with van der Waals surface area (Å²) in [7, 11) is 0. The molecule has 0 radical (unpaired) electrons. The van der Waals surface area contributed by atoms with E-state index in [1.807, 2.05) is 13.0 Å². The van der Waals surface area contributed by atoms with E-state index in [9.17, 15) is 14.4 Å². The number of benzene rings is 1. The topological polar surface area (TPSA) is 112 Å². The molecule has 3 aliphatic rings. The van der Waals surface area contributed by atoms with Crippen LogP contribution in [0.25, 0.3) is 0 Å². The maximum Gasteiger partial charge on any atom is 0.358 e. The molecule has 2 aliphatic heterocycles. The number of aromatic nitrogens is 2. The van der Waals surface area contributed by atoms with Crippen LogP contribution in [0.4, 0.5) is 5.69 Å². The van der Waals surface area contributed by atoms with Gasteiger partial charge in [-0.1, -0.05) is 19.3 Å². The molecule has 0 spiro atoms. The van der Waals surface area contributed by atoms with E-state index in [2.05, 4.69) is 10.4 Å². The maximum absolute atomic E-state index is 13.0. The van der Waals surface area contributed by atoms with Crippen molar-refractivity contribution in [3.05, 3.63) is 35.7 Å². The summed E-state index contributed by atoms with van der Waals surface area (Å²) in [5.74, 6) is 0.527. The smallest absolute Gasteiger partial charge is 0.358 e. The van der Waals surface area contributed by atoms with Crippen LogP contribution in [0.2, 0.25) is 0 Å². The molecule has 1 N–H and O–H groups in total. The highest BCUT2D eigenvalue weighted by Gasteiger charge is 2.34. The fourth-order valence-corrected chi connectivity index (χ4v) is 4.46. The number of rotatable bonds is 5. The van der Waals surface area contributed by atoms with Gasteiger partial charge in [0.15, 0.2) is 17.2 Å². The van der Waals surface area contributed by atoms with Gasteiger partial charge in [-0.05, 0) is 38.8 Å². The van der Waals surface area contributed by atoms with Gasteiger partial charge in [0, 0.05) is 23.9 Å². The molecule has 0 bridgehead atoms. The Hall–Kier alpha value is -3.56. The molecule has 1 atom stereocenters. The molecule has 10 heteroatoms. The van der Waals surface area contributed by atoms with Gasteiger partial charge in [0.2, 0.25) is 13.2 Å². The lowest BCUT2D eigenvalue weighted by Gasteiger charge is -2.33. The van der Waals surface area contributed by atoms with Gasteiger partial charge in [0.1, 0.15) is 5.69 Å². The number of anilines is 1. The Bertz CT molecular complexity index is 1050. The minimum Gasteiger partial charge on any atom is -0.461 e. The third kappa shape index (κ3) is 5.00. The monoisotopic (exact) mass is 470 g/mol. The number of amides is 2. The summed E-state index contributed by atoms with van der Waals surface area (Å²) in [6.45, 7) is 4.57. The summed E-state index contributed by atoms with van der Waals surface area (Å²) in [6, 6.07) is 7.22. The summed E-state index contributed by atoms with van der Waals surface area (Å²) in [4.78, 5) is 36.5. The second-order valence-corrected chi connectivity index (χ2v) is 8.50. The van der Waals surface area contributed by atoms with Gasteiger partial charge in [-0.2, -0.15) is 5.10 Å². The van der Waals surface area contributed by atoms with Crippen molar-refractivity contribution in [2.75, 3.05) is 18.3 Å². The molecule has 1 fully saturated rings. The van der Waals surface area contributed by atoms with Crippen LogP contribution in [0.5, 0.6) is 11.5 Å². The lowest BCUT2D eigenvalue weighted by atomic mass is 9.96. The number of hydrogen-bond donors (Lipinski definition) is 1. The normalized spacial score (nSPS) is 19.1. The Morgan fingerprint density at radius 3 is 2.71 bits per heavy atom. The van der Waals surface area contributed by atoms with Crippen molar-refractivity contribution in [3.63, 3.8) is 0 Å². The second-order valence-electron chi connectivity index (χ2n) is 8.50. The lowest BCUT2D eigenvalue weighted by molar-refractivity contribution is -0.110. The number of esters is 1. The quantitative estimate of drug-likeness (QED) is 0.528. The van der Waals surface area contributed by atoms with Crippen molar-refractivity contribution in [2.45, 2.75) is 64.6 Å². The molecule has 34 heavy (non-hydrogen) atoms. The average Bonchev–Trinajstić information content (AvgIpc) is 3.47. The van der Waals surface area contributed by atoms with Crippen molar-refractivity contribution in [3.8, 4) is 11.5 Å². The van der Waals surface area contributed by atoms with Crippen molar-refractivity contribution in [1.82, 2.24) is 15.1 Å². The van der Waals surface area contributed by atoms with Crippen LogP contribution in [0.3, 0.4) is 0 Å². The van der Waals surface area contributed by atoms with E-state index in [0.29, 0.717) is 35.5 Å². The van der Waals surface area contributed by atoms with Crippen molar-refractivity contribution >= 4 is 24.0 Å². The molecule has 182 valence electrons. The summed E-state index contributed by atoms with van der Waals surface area (Å²) < 4.78 is 17.2. The maximum atomic E-state index is 13.0. The predicted octanol–water partition coefficient (Wildman–Crippen LogP) is 2.90. The van der Waals surface area contributed by atoms with Crippen molar-refractivity contribution < 1.29 is 28.6 Å². The van der Waals surface area contributed by atoms with E-state index >= 15 is 0 Å². The molecular formula is C24H30N4O6. The standard InChI is InChI=1S/C17H17N3O5.C7H13NO/c1-3-23-17(22)12-7-13-16(21)20(10(2)8-19(13)18-12)11-4-5-14-15(6-11)25-9-24-14;9-6-8-7-4-2-1-3-5-7/h4-7,10H,3,8-9H2,1-2H3;6-7H,1-5H2,(H,8,9). The summed E-state index contributed by atoms with van der Waals surface area (Å²) in [6.07, 6.45) is 7.08. The molecule has 10 nitrogen and oxygen atoms in total. The van der Waals surface area contributed by atoms with Crippen LogP contribution in [0.15, 0.2) is 24.3 Å². The molecule has 2 aromatic rings. The first-order valence-electron chi connectivity index (χ1n) is 11.7. The van der Waals surface area contributed by atoms with E-state index in [4.69, 9.17) is 14.2 Å². The van der Waals surface area contributed by atoms with Gasteiger partial charge in [-0.25, -0.2) is 4.79 Å². The van der Waals surface area contributed by atoms with Gasteiger partial charge >= 0.3 is 5.97 Å². The average molecular weight is 471 g/mol. The van der Waals surface area contributed by atoms with Crippen LogP contribution in [-0.2, 0) is 16.1 Å². The highest BCUT2D eigenvalue weighted by molar-refractivity contribution is 6.07. The minimum absolute atomic E-state index is 0.129. The zero-order chi connectivity index (χ0) is 24.1. The minimum atomic E-state index is -0.528. The molecule has 2 amide bonds. The summed E-state index contributed by atoms with van der Waals surface area (Å²) in [5.41, 5.74) is 1.22. The Kier molecular flexibility index (Phi) is 7.34. The van der Waals surface area contributed by atoms with Crippen LogP contribution >= 0.6 is 0 Å². The number of hydrogen-bond acceptors (Lipinski definition) is 7. The zero-order valence-corrected chi connectivity index (χ0v) is 19.5. The largest absolute Gasteiger partial charge is 0.461 e. The number of nitrogens with zero attached hydrogens (tertiary/aromatic N) is 3. The molecule has 0 saturated heterocycles. The fourth-order valence-electron chi connectivity index (χ4n) is 4.46. The van der Waals surface area contributed by atoms with Gasteiger partial charge in [-0.15, -0.1) is 0 Å². The number of nitrogens with one attached hydrogen (secondary N) is 1. The third-order valence-electron chi connectivity index (χ3n) is 6.12. The molecule has 1 aromatic heterocycles. The van der Waals surface area contributed by atoms with E-state index in [0.717, 1.165) is 6.41 Å². The number of carbonyl (C=O) groups excluding carboxylic acids is 3. The van der Waals surface area contributed by atoms with Gasteiger partial charge in [0.05, 0.1) is 19.2 Å². The zero-order valence-electron chi connectivity index (χ0n) is 19.5. The first-order valence-corrected chi connectivity index (χ1v) is 11.7. The Morgan fingerprint density at radius 1 is 1.21 bits per heavy atom. The van der Waals surface area contributed by atoms with Crippen LogP contribution in [-0.4, -0.2) is 53.6 Å². The van der Waals surface area contributed by atoms with Crippen LogP contribution in [0, 0.1) is 0 Å². The molecular weight excluding hydrogens is 440 g/mol. The lowest BCUT2D eigenvalue weighted by Crippen LogP contribution is -2.46. The molecule has 5 rings (SSSR count). The SMILES string of the molecule is CCOC(=O)c1cc2n(n1)CC(C)N(c1ccc3c(c1)OCO3)C2=O.O=CNC1CCCCC1. The van der Waals surface area contributed by atoms with Crippen molar-refractivity contribution in [2.24, 2.45) is 0 Å². The molecule has 1 aliphatic carbocycles. The Morgan fingerprint density at radius 2 is 1.97 bits per heavy atom. The first kappa shape index (κ1) is 23.6. The molecule has 1 aromatic carbocycles. The van der Waals surface area contributed by atoms with Gasteiger partial charge in [-0.3, -0.25) is 14.3 Å². The molecule has 1 saturated carbocycles. The molecule has 3 heterocycles. The summed E-state index contributed by atoms with van der Waals surface area (Å²) >= 11 is 0. The molecule has 1 unspecified atom stereocenters. The number of fused-ring (bicyclic) bond motifs is 2. The van der Waals surface area contributed by atoms with Crippen molar-refractivity contribution in [1.29, 1.82) is 0 Å². The van der Waals surface area contributed by atoms with E-state index < -0.39 is 5.97 Å². The van der Waals surface area contributed by atoms with E-state index in [1.165, 1.54) is 38.2 Å². The third-order valence-corrected chi connectivity index (χ3v) is 6.12. The Balaban J connectivity index is 0.000000257. The highest BCUT2D eigenvalue weighted by atomic mass is 16.7. The van der Waals surface area contributed by atoms with E-state index in [1.54, 1.807) is 28.6 Å².